The fourth-order valence-corrected chi connectivity index (χ4v) is 2.16. The Labute approximate surface area is 103 Å². The molecule has 0 atom stereocenters. The van der Waals surface area contributed by atoms with E-state index in [9.17, 15) is 4.79 Å². The lowest BCUT2D eigenvalue weighted by molar-refractivity contribution is 0.0564. The van der Waals surface area contributed by atoms with Crippen LogP contribution in [0.15, 0.2) is 21.9 Å². The first-order valence-corrected chi connectivity index (χ1v) is 6.26. The molecular formula is C12H13NO3S. The summed E-state index contributed by atoms with van der Waals surface area (Å²) < 4.78 is 10.2. The minimum Gasteiger partial charge on any atom is -0.463 e. The Kier molecular flexibility index (Phi) is 3.58. The van der Waals surface area contributed by atoms with E-state index >= 15 is 0 Å². The number of hydrogen-bond acceptors (Lipinski definition) is 5. The smallest absolute Gasteiger partial charge is 0.376 e. The molecule has 0 saturated heterocycles. The predicted molar refractivity (Wildman–Crippen MR) is 65.2 cm³/mol. The first kappa shape index (κ1) is 11.9. The predicted octanol–water partition coefficient (Wildman–Crippen LogP) is 3.14. The molecule has 2 rings (SSSR count). The van der Waals surface area contributed by atoms with Crippen molar-refractivity contribution < 1.29 is 13.9 Å². The van der Waals surface area contributed by atoms with Crippen LogP contribution in [0.25, 0.3) is 10.8 Å². The Morgan fingerprint density at radius 3 is 3.00 bits per heavy atom. The molecule has 4 nitrogen and oxygen atoms in total. The minimum atomic E-state index is -0.469. The maximum atomic E-state index is 11.5. The highest BCUT2D eigenvalue weighted by Gasteiger charge is 2.21. The summed E-state index contributed by atoms with van der Waals surface area (Å²) in [5, 5.41) is 1.94. The highest BCUT2D eigenvalue weighted by molar-refractivity contribution is 7.13. The molecule has 2 aromatic heterocycles. The summed E-state index contributed by atoms with van der Waals surface area (Å²) in [4.78, 5) is 16.8. The molecule has 5 heteroatoms. The van der Waals surface area contributed by atoms with Crippen LogP contribution in [-0.4, -0.2) is 18.1 Å². The van der Waals surface area contributed by atoms with E-state index in [2.05, 4.69) is 9.72 Å². The monoisotopic (exact) mass is 251 g/mol. The summed E-state index contributed by atoms with van der Waals surface area (Å²) in [6.45, 7) is 2.03. The standard InChI is InChI=1S/C12H13NO3S/c1-3-5-8-10(12(14)15-2)16-11(13-8)9-6-4-7-17-9/h4,6-7H,3,5H2,1-2H3. The fourth-order valence-electron chi connectivity index (χ4n) is 1.52. The van der Waals surface area contributed by atoms with Crippen molar-refractivity contribution in [1.29, 1.82) is 0 Å². The number of carbonyl (C=O) groups is 1. The van der Waals surface area contributed by atoms with E-state index in [0.717, 1.165) is 11.3 Å². The second-order valence-electron chi connectivity index (χ2n) is 3.51. The molecule has 0 aromatic carbocycles. The normalized spacial score (nSPS) is 10.5. The molecule has 0 spiro atoms. The number of methoxy groups -OCH3 is 1. The number of thiophene rings is 1. The Bertz CT molecular complexity index is 502. The van der Waals surface area contributed by atoms with Crippen LogP contribution in [0, 0.1) is 0 Å². The molecule has 0 unspecified atom stereocenters. The van der Waals surface area contributed by atoms with E-state index in [-0.39, 0.29) is 5.76 Å². The maximum absolute atomic E-state index is 11.5. The molecule has 2 aromatic rings. The largest absolute Gasteiger partial charge is 0.463 e. The number of aromatic nitrogens is 1. The first-order valence-electron chi connectivity index (χ1n) is 5.38. The van der Waals surface area contributed by atoms with Crippen LogP contribution in [-0.2, 0) is 11.2 Å². The highest BCUT2D eigenvalue weighted by Crippen LogP contribution is 2.27. The quantitative estimate of drug-likeness (QED) is 0.783. The Morgan fingerprint density at radius 1 is 1.59 bits per heavy atom. The van der Waals surface area contributed by atoms with Crippen molar-refractivity contribution in [2.45, 2.75) is 19.8 Å². The molecule has 2 heterocycles. The third-order valence-corrected chi connectivity index (χ3v) is 3.14. The van der Waals surface area contributed by atoms with Gasteiger partial charge in [-0.1, -0.05) is 19.4 Å². The molecule has 0 bridgehead atoms. The maximum Gasteiger partial charge on any atom is 0.376 e. The van der Waals surface area contributed by atoms with Crippen molar-refractivity contribution in [1.82, 2.24) is 4.98 Å². The summed E-state index contributed by atoms with van der Waals surface area (Å²) in [5.74, 6) is 0.241. The van der Waals surface area contributed by atoms with Gasteiger partial charge < -0.3 is 9.15 Å². The van der Waals surface area contributed by atoms with Crippen LogP contribution in [0.3, 0.4) is 0 Å². The molecule has 0 aliphatic heterocycles. The van der Waals surface area contributed by atoms with Crippen molar-refractivity contribution in [3.63, 3.8) is 0 Å². The average molecular weight is 251 g/mol. The van der Waals surface area contributed by atoms with Crippen LogP contribution in [0.2, 0.25) is 0 Å². The van der Waals surface area contributed by atoms with Crippen LogP contribution >= 0.6 is 11.3 Å². The van der Waals surface area contributed by atoms with Gasteiger partial charge in [-0.25, -0.2) is 9.78 Å². The molecule has 0 aliphatic rings. The van der Waals surface area contributed by atoms with E-state index in [1.54, 1.807) is 0 Å². The second-order valence-corrected chi connectivity index (χ2v) is 4.46. The number of hydrogen-bond donors (Lipinski definition) is 0. The van der Waals surface area contributed by atoms with Crippen molar-refractivity contribution in [3.8, 4) is 10.8 Å². The summed E-state index contributed by atoms with van der Waals surface area (Å²) in [7, 11) is 1.34. The number of nitrogens with zero attached hydrogens (tertiary/aromatic N) is 1. The number of carbonyl (C=O) groups excluding carboxylic acids is 1. The van der Waals surface area contributed by atoms with E-state index < -0.39 is 5.97 Å². The van der Waals surface area contributed by atoms with Crippen molar-refractivity contribution in [3.05, 3.63) is 29.0 Å². The lowest BCUT2D eigenvalue weighted by Gasteiger charge is -1.96. The van der Waals surface area contributed by atoms with Gasteiger partial charge in [-0.05, 0) is 17.9 Å². The molecule has 0 fully saturated rings. The number of ether oxygens (including phenoxy) is 1. The second kappa shape index (κ2) is 5.14. The SMILES string of the molecule is CCCc1nc(-c2cccs2)oc1C(=O)OC. The average Bonchev–Trinajstić information content (AvgIpc) is 2.96. The van der Waals surface area contributed by atoms with E-state index in [0.29, 0.717) is 18.0 Å². The van der Waals surface area contributed by atoms with Gasteiger partial charge in [0.1, 0.15) is 0 Å². The number of aryl methyl sites for hydroxylation is 1. The van der Waals surface area contributed by atoms with Gasteiger partial charge in [-0.3, -0.25) is 0 Å². The first-order chi connectivity index (χ1) is 8.26. The van der Waals surface area contributed by atoms with Crippen LogP contribution < -0.4 is 0 Å². The number of esters is 1. The van der Waals surface area contributed by atoms with Crippen LogP contribution in [0.5, 0.6) is 0 Å². The minimum absolute atomic E-state index is 0.220. The summed E-state index contributed by atoms with van der Waals surface area (Å²) in [6.07, 6.45) is 1.61. The van der Waals surface area contributed by atoms with Gasteiger partial charge >= 0.3 is 5.97 Å². The summed E-state index contributed by atoms with van der Waals surface area (Å²) >= 11 is 1.53. The topological polar surface area (TPSA) is 52.3 Å². The molecule has 17 heavy (non-hydrogen) atoms. The van der Waals surface area contributed by atoms with Gasteiger partial charge in [0.2, 0.25) is 11.7 Å². The van der Waals surface area contributed by atoms with Gasteiger partial charge in [-0.15, -0.1) is 11.3 Å². The lowest BCUT2D eigenvalue weighted by atomic mass is 10.2. The molecule has 0 amide bonds. The van der Waals surface area contributed by atoms with E-state index in [4.69, 9.17) is 4.42 Å². The Balaban J connectivity index is 2.40. The lowest BCUT2D eigenvalue weighted by Crippen LogP contribution is -2.03. The molecule has 90 valence electrons. The summed E-state index contributed by atoms with van der Waals surface area (Å²) in [5.41, 5.74) is 0.669. The zero-order valence-electron chi connectivity index (χ0n) is 9.73. The van der Waals surface area contributed by atoms with Gasteiger partial charge in [0.25, 0.3) is 0 Å². The zero-order chi connectivity index (χ0) is 12.3. The van der Waals surface area contributed by atoms with Crippen molar-refractivity contribution in [2.24, 2.45) is 0 Å². The van der Waals surface area contributed by atoms with Gasteiger partial charge in [0.05, 0.1) is 17.7 Å². The van der Waals surface area contributed by atoms with Crippen LogP contribution in [0.4, 0.5) is 0 Å². The fraction of sp³-hybridized carbons (Fsp3) is 0.333. The highest BCUT2D eigenvalue weighted by atomic mass is 32.1. The molecule has 0 saturated carbocycles. The van der Waals surface area contributed by atoms with Crippen LogP contribution in [0.1, 0.15) is 29.6 Å². The van der Waals surface area contributed by atoms with Gasteiger partial charge in [0, 0.05) is 0 Å². The Hall–Kier alpha value is -1.62. The molecule has 0 N–H and O–H groups in total. The van der Waals surface area contributed by atoms with Crippen molar-refractivity contribution >= 4 is 17.3 Å². The third-order valence-electron chi connectivity index (χ3n) is 2.29. The third kappa shape index (κ3) is 2.39. The zero-order valence-corrected chi connectivity index (χ0v) is 10.5. The molecule has 0 aliphatic carbocycles. The van der Waals surface area contributed by atoms with Gasteiger partial charge in [-0.2, -0.15) is 0 Å². The summed E-state index contributed by atoms with van der Waals surface area (Å²) in [6, 6.07) is 3.83. The van der Waals surface area contributed by atoms with E-state index in [1.165, 1.54) is 18.4 Å². The number of rotatable bonds is 4. The molecule has 0 radical (unpaired) electrons. The molecular weight excluding hydrogens is 238 g/mol. The Morgan fingerprint density at radius 2 is 2.41 bits per heavy atom. The van der Waals surface area contributed by atoms with E-state index in [1.807, 2.05) is 24.4 Å². The van der Waals surface area contributed by atoms with Gasteiger partial charge in [0.15, 0.2) is 0 Å². The van der Waals surface area contributed by atoms with Crippen molar-refractivity contribution in [2.75, 3.05) is 7.11 Å². The number of oxazole rings is 1.